The van der Waals surface area contributed by atoms with E-state index in [1.165, 1.54) is 0 Å². The van der Waals surface area contributed by atoms with Crippen molar-refractivity contribution in [2.45, 2.75) is 20.1 Å². The minimum Gasteiger partial charge on any atom is -0.435 e. The lowest BCUT2D eigenvalue weighted by Crippen LogP contribution is -2.18. The van der Waals surface area contributed by atoms with Gasteiger partial charge in [-0.3, -0.25) is 4.79 Å². The molecule has 1 atom stereocenters. The van der Waals surface area contributed by atoms with Crippen molar-refractivity contribution in [3.05, 3.63) is 0 Å². The Hall–Kier alpha value is -0.280. The topological polar surface area (TPSA) is 35.5 Å². The van der Waals surface area contributed by atoms with Gasteiger partial charge in [-0.2, -0.15) is 0 Å². The molecule has 0 aliphatic carbocycles. The lowest BCUT2D eigenvalue weighted by Gasteiger charge is -2.10. The first-order chi connectivity index (χ1) is 4.70. The van der Waals surface area contributed by atoms with Crippen LogP contribution in [0.15, 0.2) is 0 Å². The quantitative estimate of drug-likeness (QED) is 0.357. The van der Waals surface area contributed by atoms with Crippen molar-refractivity contribution in [1.82, 2.24) is 0 Å². The Balaban J connectivity index is 3.37. The van der Waals surface area contributed by atoms with Crippen molar-refractivity contribution in [3.63, 3.8) is 0 Å². The number of carbonyl (C=O) groups excluding carboxylic acids is 1. The van der Waals surface area contributed by atoms with Crippen molar-refractivity contribution < 1.29 is 14.3 Å². The van der Waals surface area contributed by atoms with Gasteiger partial charge in [0.2, 0.25) is 0 Å². The fourth-order valence-corrected chi connectivity index (χ4v) is 0.548. The van der Waals surface area contributed by atoms with Crippen LogP contribution in [-0.2, 0) is 14.3 Å². The molecule has 1 unspecified atom stereocenters. The lowest BCUT2D eigenvalue weighted by molar-refractivity contribution is -0.170. The standard InChI is InChI=1S/C6H11ClO3/c1-3-9-5(2)10-6(8)4-7/h5H,3-4H2,1-2H3. The first-order valence-corrected chi connectivity index (χ1v) is 3.61. The average molecular weight is 167 g/mol. The summed E-state index contributed by atoms with van der Waals surface area (Å²) >= 11 is 5.17. The van der Waals surface area contributed by atoms with Crippen LogP contribution in [0.25, 0.3) is 0 Å². The van der Waals surface area contributed by atoms with Gasteiger partial charge < -0.3 is 9.47 Å². The van der Waals surface area contributed by atoms with E-state index in [2.05, 4.69) is 4.74 Å². The van der Waals surface area contributed by atoms with Crippen LogP contribution in [0, 0.1) is 0 Å². The van der Waals surface area contributed by atoms with Crippen LogP contribution >= 0.6 is 11.6 Å². The Bertz CT molecular complexity index is 105. The highest BCUT2D eigenvalue weighted by atomic mass is 35.5. The number of alkyl halides is 1. The molecule has 0 fully saturated rings. The number of hydrogen-bond donors (Lipinski definition) is 0. The third kappa shape index (κ3) is 4.58. The molecular weight excluding hydrogens is 156 g/mol. The van der Waals surface area contributed by atoms with Gasteiger partial charge in [-0.25, -0.2) is 0 Å². The summed E-state index contributed by atoms with van der Waals surface area (Å²) in [6.45, 7) is 4.00. The number of carbonyl (C=O) groups is 1. The summed E-state index contributed by atoms with van der Waals surface area (Å²) in [6, 6.07) is 0. The van der Waals surface area contributed by atoms with Crippen molar-refractivity contribution >= 4 is 17.6 Å². The third-order valence-electron chi connectivity index (χ3n) is 0.808. The lowest BCUT2D eigenvalue weighted by atomic mass is 10.7. The summed E-state index contributed by atoms with van der Waals surface area (Å²) in [5.41, 5.74) is 0. The van der Waals surface area contributed by atoms with E-state index in [0.717, 1.165) is 0 Å². The smallest absolute Gasteiger partial charge is 0.323 e. The molecule has 0 aromatic rings. The molecule has 0 aliphatic rings. The van der Waals surface area contributed by atoms with E-state index in [1.807, 2.05) is 6.92 Å². The van der Waals surface area contributed by atoms with Gasteiger partial charge in [0, 0.05) is 6.61 Å². The van der Waals surface area contributed by atoms with Crippen LogP contribution in [0.1, 0.15) is 13.8 Å². The molecule has 0 N–H and O–H groups in total. The van der Waals surface area contributed by atoms with E-state index < -0.39 is 12.3 Å². The predicted molar refractivity (Wildman–Crippen MR) is 37.9 cm³/mol. The maximum atomic E-state index is 10.5. The molecule has 0 spiro atoms. The molecular formula is C6H11ClO3. The van der Waals surface area contributed by atoms with E-state index in [-0.39, 0.29) is 5.88 Å². The van der Waals surface area contributed by atoms with Gasteiger partial charge >= 0.3 is 5.97 Å². The van der Waals surface area contributed by atoms with Crippen molar-refractivity contribution in [3.8, 4) is 0 Å². The minimum atomic E-state index is -0.490. The van der Waals surface area contributed by atoms with Gasteiger partial charge in [0.05, 0.1) is 0 Å². The molecule has 60 valence electrons. The molecule has 0 rings (SSSR count). The first kappa shape index (κ1) is 9.72. The Kier molecular flexibility index (Phi) is 5.35. The largest absolute Gasteiger partial charge is 0.435 e. The van der Waals surface area contributed by atoms with E-state index in [9.17, 15) is 4.79 Å². The van der Waals surface area contributed by atoms with E-state index in [0.29, 0.717) is 6.61 Å². The van der Waals surface area contributed by atoms with Crippen molar-refractivity contribution in [1.29, 1.82) is 0 Å². The van der Waals surface area contributed by atoms with Crippen molar-refractivity contribution in [2.75, 3.05) is 12.5 Å². The minimum absolute atomic E-state index is 0.128. The number of ether oxygens (including phenoxy) is 2. The number of halogens is 1. The van der Waals surface area contributed by atoms with Crippen molar-refractivity contribution in [2.24, 2.45) is 0 Å². The van der Waals surface area contributed by atoms with Crippen LogP contribution in [0.3, 0.4) is 0 Å². The molecule has 0 amide bonds. The zero-order chi connectivity index (χ0) is 7.98. The van der Waals surface area contributed by atoms with Crippen LogP contribution in [0.4, 0.5) is 0 Å². The zero-order valence-corrected chi connectivity index (χ0v) is 6.85. The maximum absolute atomic E-state index is 10.5. The maximum Gasteiger partial charge on any atom is 0.323 e. The Morgan fingerprint density at radius 3 is 2.70 bits per heavy atom. The van der Waals surface area contributed by atoms with Crippen LogP contribution < -0.4 is 0 Å². The Morgan fingerprint density at radius 2 is 2.30 bits per heavy atom. The highest BCUT2D eigenvalue weighted by Gasteiger charge is 2.05. The second-order valence-electron chi connectivity index (χ2n) is 1.65. The van der Waals surface area contributed by atoms with E-state index >= 15 is 0 Å². The van der Waals surface area contributed by atoms with Gasteiger partial charge in [0.25, 0.3) is 0 Å². The van der Waals surface area contributed by atoms with Crippen LogP contribution in [-0.4, -0.2) is 24.7 Å². The second-order valence-corrected chi connectivity index (χ2v) is 1.91. The molecule has 4 heteroatoms. The summed E-state index contributed by atoms with van der Waals surface area (Å²) in [5, 5.41) is 0. The number of esters is 1. The van der Waals surface area contributed by atoms with Crippen LogP contribution in [0.5, 0.6) is 0 Å². The van der Waals surface area contributed by atoms with E-state index in [4.69, 9.17) is 16.3 Å². The molecule has 10 heavy (non-hydrogen) atoms. The molecule has 0 heterocycles. The highest BCUT2D eigenvalue weighted by Crippen LogP contribution is 1.94. The molecule has 0 aromatic heterocycles. The van der Waals surface area contributed by atoms with Crippen LogP contribution in [0.2, 0.25) is 0 Å². The molecule has 3 nitrogen and oxygen atoms in total. The molecule has 0 radical (unpaired) electrons. The summed E-state index contributed by atoms with van der Waals surface area (Å²) in [7, 11) is 0. The van der Waals surface area contributed by atoms with Gasteiger partial charge in [-0.15, -0.1) is 11.6 Å². The third-order valence-corrected chi connectivity index (χ3v) is 1.03. The Labute approximate surface area is 65.3 Å². The van der Waals surface area contributed by atoms with Gasteiger partial charge in [0.1, 0.15) is 5.88 Å². The average Bonchev–Trinajstić information content (AvgIpc) is 1.88. The molecule has 0 aliphatic heterocycles. The molecule has 0 saturated carbocycles. The van der Waals surface area contributed by atoms with Gasteiger partial charge in [0.15, 0.2) is 6.29 Å². The molecule has 0 bridgehead atoms. The second kappa shape index (κ2) is 5.50. The summed E-state index contributed by atoms with van der Waals surface area (Å²) < 4.78 is 9.56. The summed E-state index contributed by atoms with van der Waals surface area (Å²) in [4.78, 5) is 10.5. The molecule has 0 saturated heterocycles. The fraction of sp³-hybridized carbons (Fsp3) is 0.833. The monoisotopic (exact) mass is 166 g/mol. The fourth-order valence-electron chi connectivity index (χ4n) is 0.485. The summed E-state index contributed by atoms with van der Waals surface area (Å²) in [6.07, 6.45) is -0.490. The van der Waals surface area contributed by atoms with Gasteiger partial charge in [-0.1, -0.05) is 0 Å². The predicted octanol–water partition coefficient (Wildman–Crippen LogP) is 1.15. The highest BCUT2D eigenvalue weighted by molar-refractivity contribution is 6.26. The number of rotatable bonds is 4. The Morgan fingerprint density at radius 1 is 1.70 bits per heavy atom. The number of hydrogen-bond acceptors (Lipinski definition) is 3. The van der Waals surface area contributed by atoms with Gasteiger partial charge in [-0.05, 0) is 13.8 Å². The SMILES string of the molecule is CCOC(C)OC(=O)CCl. The summed E-state index contributed by atoms with van der Waals surface area (Å²) in [5.74, 6) is -0.583. The zero-order valence-electron chi connectivity index (χ0n) is 6.09. The molecule has 0 aromatic carbocycles. The first-order valence-electron chi connectivity index (χ1n) is 3.07. The normalized spacial score (nSPS) is 12.7. The van der Waals surface area contributed by atoms with E-state index in [1.54, 1.807) is 6.92 Å².